The fourth-order valence-electron chi connectivity index (χ4n) is 9.78. The van der Waals surface area contributed by atoms with Crippen molar-refractivity contribution in [2.24, 2.45) is 39.9 Å². The summed E-state index contributed by atoms with van der Waals surface area (Å²) in [4.78, 5) is 24.7. The number of hydrogen-bond donors (Lipinski definition) is 2. The first-order valence-corrected chi connectivity index (χ1v) is 14.3. The molecule has 208 valence electrons. The number of hydrogen-bond acceptors (Lipinski definition) is 6. The van der Waals surface area contributed by atoms with Crippen LogP contribution in [0.15, 0.2) is 22.8 Å². The van der Waals surface area contributed by atoms with Crippen molar-refractivity contribution < 1.29 is 59.2 Å². The number of aliphatic hydroxyl groups excluding tert-OH is 2. The molecule has 38 heavy (non-hydrogen) atoms. The second kappa shape index (κ2) is 11.3. The number of carbonyl (C=O) groups is 2. The molecule has 4 aliphatic rings. The van der Waals surface area contributed by atoms with Crippen LogP contribution >= 0.6 is 0 Å². The zero-order valence-corrected chi connectivity index (χ0v) is 26.8. The maximum Gasteiger partial charge on any atom is 1.00 e. The van der Waals surface area contributed by atoms with E-state index < -0.39 is 24.1 Å². The van der Waals surface area contributed by atoms with E-state index in [0.717, 1.165) is 31.3 Å². The summed E-state index contributed by atoms with van der Waals surface area (Å²) >= 11 is 0. The van der Waals surface area contributed by atoms with Gasteiger partial charge in [0.1, 0.15) is 6.10 Å². The van der Waals surface area contributed by atoms with Crippen LogP contribution in [0.5, 0.6) is 0 Å². The van der Waals surface area contributed by atoms with Crippen molar-refractivity contribution in [3.05, 3.63) is 22.8 Å². The largest absolute Gasteiger partial charge is 1.00 e. The summed E-state index contributed by atoms with van der Waals surface area (Å²) in [6.07, 6.45) is 5.92. The third-order valence-electron chi connectivity index (χ3n) is 11.6. The van der Waals surface area contributed by atoms with E-state index in [9.17, 15) is 24.9 Å². The number of carboxylic acid groups (broad SMARTS) is 1. The molecule has 0 aromatic heterocycles. The maximum atomic E-state index is 12.5. The summed E-state index contributed by atoms with van der Waals surface area (Å²) in [5.41, 5.74) is 1.31. The molecule has 0 aromatic rings. The van der Waals surface area contributed by atoms with Gasteiger partial charge in [-0.15, -0.1) is 0 Å². The van der Waals surface area contributed by atoms with E-state index in [-0.39, 0.29) is 75.2 Å². The molecular formula is C31H47NaO6. The van der Waals surface area contributed by atoms with Crippen LogP contribution in [-0.4, -0.2) is 40.5 Å². The van der Waals surface area contributed by atoms with Gasteiger partial charge in [0.2, 0.25) is 0 Å². The zero-order valence-electron chi connectivity index (χ0n) is 24.8. The fraction of sp³-hybridized carbons (Fsp3) is 0.806. The number of fused-ring (bicyclic) bond motifs is 5. The van der Waals surface area contributed by atoms with E-state index >= 15 is 0 Å². The van der Waals surface area contributed by atoms with Gasteiger partial charge in [-0.05, 0) is 116 Å². The molecule has 0 spiro atoms. The topological polar surface area (TPSA) is 107 Å². The first kappa shape index (κ1) is 31.9. The van der Waals surface area contributed by atoms with Crippen LogP contribution < -0.4 is 34.7 Å². The Balaban J connectivity index is 0.00000400. The number of rotatable bonds is 5. The van der Waals surface area contributed by atoms with Crippen molar-refractivity contribution in [2.45, 2.75) is 118 Å². The third kappa shape index (κ3) is 5.00. The molecule has 4 fully saturated rings. The molecular weight excluding hydrogens is 491 g/mol. The van der Waals surface area contributed by atoms with Crippen molar-refractivity contribution in [1.29, 1.82) is 0 Å². The van der Waals surface area contributed by atoms with Gasteiger partial charge in [-0.25, -0.2) is 0 Å². The molecule has 0 saturated heterocycles. The summed E-state index contributed by atoms with van der Waals surface area (Å²) in [7, 11) is 0. The Morgan fingerprint density at radius 3 is 2.29 bits per heavy atom. The summed E-state index contributed by atoms with van der Waals surface area (Å²) in [6.45, 7) is 14.4. The van der Waals surface area contributed by atoms with Crippen molar-refractivity contribution in [3.63, 3.8) is 0 Å². The van der Waals surface area contributed by atoms with Gasteiger partial charge in [-0.1, -0.05) is 39.3 Å². The number of ether oxygens (including phenoxy) is 1. The monoisotopic (exact) mass is 538 g/mol. The van der Waals surface area contributed by atoms with Gasteiger partial charge in [0.05, 0.1) is 18.2 Å². The molecule has 4 rings (SSSR count). The van der Waals surface area contributed by atoms with E-state index in [4.69, 9.17) is 4.74 Å². The van der Waals surface area contributed by atoms with Crippen LogP contribution in [0.25, 0.3) is 0 Å². The predicted octanol–water partition coefficient (Wildman–Crippen LogP) is 1.34. The van der Waals surface area contributed by atoms with Gasteiger partial charge in [0.25, 0.3) is 0 Å². The Morgan fingerprint density at radius 1 is 1.05 bits per heavy atom. The van der Waals surface area contributed by atoms with Crippen LogP contribution in [0.2, 0.25) is 0 Å². The molecule has 0 aromatic carbocycles. The zero-order chi connectivity index (χ0) is 27.5. The number of aliphatic hydroxyl groups is 2. The number of esters is 1. The minimum absolute atomic E-state index is 0. The summed E-state index contributed by atoms with van der Waals surface area (Å²) in [6, 6.07) is 0. The molecule has 0 bridgehead atoms. The van der Waals surface area contributed by atoms with Crippen molar-refractivity contribution in [1.82, 2.24) is 0 Å². The minimum Gasteiger partial charge on any atom is -0.545 e. The Kier molecular flexibility index (Phi) is 9.49. The molecule has 4 saturated carbocycles. The second-order valence-corrected chi connectivity index (χ2v) is 13.6. The van der Waals surface area contributed by atoms with Crippen LogP contribution in [0, 0.1) is 39.9 Å². The normalized spacial score (nSPS) is 45.0. The Morgan fingerprint density at radius 2 is 1.71 bits per heavy atom. The molecule has 7 heteroatoms. The number of aliphatic carboxylic acids is 1. The number of carboxylic acids is 1. The average molecular weight is 539 g/mol. The SMILES string of the molecule is CC(=O)O[C@@H]1C[C@]2(C)[C@H](C[C@@H](O)[C@H]3[C@@]4(C)CC[C@@H](O)[C@@H](C)[C@@H]4CC[C@@]32C)/C1=C(\CCC=C(C)C)C(=O)[O-].[Na+]. The third-order valence-corrected chi connectivity index (χ3v) is 11.6. The molecule has 10 atom stereocenters. The average Bonchev–Trinajstić information content (AvgIpc) is 3.05. The number of allylic oxidation sites excluding steroid dienone is 2. The van der Waals surface area contributed by atoms with Gasteiger partial charge >= 0.3 is 35.5 Å². The van der Waals surface area contributed by atoms with Gasteiger partial charge in [0, 0.05) is 6.92 Å². The van der Waals surface area contributed by atoms with E-state index in [1.54, 1.807) is 0 Å². The molecule has 6 nitrogen and oxygen atoms in total. The van der Waals surface area contributed by atoms with Crippen LogP contribution in [-0.2, 0) is 14.3 Å². The number of carbonyl (C=O) groups excluding carboxylic acids is 2. The first-order chi connectivity index (χ1) is 17.2. The summed E-state index contributed by atoms with van der Waals surface area (Å²) in [5.74, 6) is -1.25. The molecule has 0 radical (unpaired) electrons. The minimum atomic E-state index is -1.20. The quantitative estimate of drug-likeness (QED) is 0.237. The second-order valence-electron chi connectivity index (χ2n) is 13.6. The predicted molar refractivity (Wildman–Crippen MR) is 140 cm³/mol. The van der Waals surface area contributed by atoms with E-state index in [1.165, 1.54) is 6.92 Å². The molecule has 0 unspecified atom stereocenters. The van der Waals surface area contributed by atoms with Crippen molar-refractivity contribution in [3.8, 4) is 0 Å². The molecule has 4 aliphatic carbocycles. The van der Waals surface area contributed by atoms with E-state index in [2.05, 4.69) is 27.7 Å². The first-order valence-electron chi connectivity index (χ1n) is 14.3. The van der Waals surface area contributed by atoms with Crippen LogP contribution in [0.3, 0.4) is 0 Å². The van der Waals surface area contributed by atoms with Gasteiger partial charge in [0.15, 0.2) is 0 Å². The van der Waals surface area contributed by atoms with Gasteiger partial charge in [-0.3, -0.25) is 4.79 Å². The standard InChI is InChI=1S/C31H48O6.Na/c1-17(2)9-8-10-20(28(35)36)26-22-15-24(34)27-29(5)13-12-23(33)18(3)21(29)11-14-30(27,6)31(22,7)16-25(26)37-19(4)32;/h9,18,21-25,27,33-34H,8,10-16H2,1-7H3,(H,35,36);/q;+1/p-1/b26-20-;/t18-,21-,22+,23+,24+,25+,27-,29-,30-,31+;/m0./s1. The van der Waals surface area contributed by atoms with Crippen molar-refractivity contribution >= 4 is 11.9 Å². The van der Waals surface area contributed by atoms with E-state index in [1.807, 2.05) is 19.9 Å². The molecule has 0 heterocycles. The fourth-order valence-corrected chi connectivity index (χ4v) is 9.78. The van der Waals surface area contributed by atoms with Crippen LogP contribution in [0.4, 0.5) is 0 Å². The smallest absolute Gasteiger partial charge is 0.545 e. The molecule has 2 N–H and O–H groups in total. The van der Waals surface area contributed by atoms with Crippen molar-refractivity contribution in [2.75, 3.05) is 0 Å². The maximum absolute atomic E-state index is 12.5. The Labute approximate surface area is 251 Å². The van der Waals surface area contributed by atoms with Gasteiger partial charge in [-0.2, -0.15) is 0 Å². The van der Waals surface area contributed by atoms with E-state index in [0.29, 0.717) is 37.2 Å². The molecule has 0 amide bonds. The summed E-state index contributed by atoms with van der Waals surface area (Å²) in [5, 5.41) is 35.0. The molecule has 0 aliphatic heterocycles. The van der Waals surface area contributed by atoms with Crippen LogP contribution in [0.1, 0.15) is 99.8 Å². The summed E-state index contributed by atoms with van der Waals surface area (Å²) < 4.78 is 5.84. The Hall–Kier alpha value is -0.660. The van der Waals surface area contributed by atoms with Gasteiger partial charge < -0.3 is 24.9 Å². The Bertz CT molecular complexity index is 1000.